The number of ketones is 1. The predicted octanol–water partition coefficient (Wildman–Crippen LogP) is 3.01. The van der Waals surface area contributed by atoms with E-state index in [1.807, 2.05) is 48.7 Å². The number of aryl methyl sites for hydroxylation is 1. The largest absolute Gasteiger partial charge is 0.292 e. The van der Waals surface area contributed by atoms with Gasteiger partial charge in [-0.3, -0.25) is 4.79 Å². The Morgan fingerprint density at radius 1 is 1.29 bits per heavy atom. The van der Waals surface area contributed by atoms with Crippen molar-refractivity contribution >= 4 is 28.9 Å². The van der Waals surface area contributed by atoms with Crippen molar-refractivity contribution < 1.29 is 4.79 Å². The van der Waals surface area contributed by atoms with Gasteiger partial charge in [0.05, 0.1) is 16.3 Å². The minimum absolute atomic E-state index is 0.0912. The van der Waals surface area contributed by atoms with Crippen LogP contribution in [0.4, 0.5) is 0 Å². The fourth-order valence-corrected chi connectivity index (χ4v) is 3.29. The van der Waals surface area contributed by atoms with Crippen molar-refractivity contribution in [3.63, 3.8) is 0 Å². The smallest absolute Gasteiger partial charge is 0.214 e. The molecule has 0 unspecified atom stereocenters. The Morgan fingerprint density at radius 3 is 2.81 bits per heavy atom. The van der Waals surface area contributed by atoms with Crippen LogP contribution in [-0.4, -0.2) is 31.7 Å². The van der Waals surface area contributed by atoms with Gasteiger partial charge in [-0.2, -0.15) is 4.68 Å². The lowest BCUT2D eigenvalue weighted by Crippen LogP contribution is -2.03. The molecule has 0 bridgehead atoms. The van der Waals surface area contributed by atoms with E-state index >= 15 is 0 Å². The monoisotopic (exact) mass is 316 g/mol. The van der Waals surface area contributed by atoms with Gasteiger partial charge in [0, 0.05) is 0 Å². The molecule has 3 rings (SSSR count). The molecule has 2 aromatic heterocycles. The highest BCUT2D eigenvalue weighted by Gasteiger charge is 2.13. The van der Waals surface area contributed by atoms with Crippen LogP contribution in [0.5, 0.6) is 0 Å². The molecular weight excluding hydrogens is 304 g/mol. The number of hydrogen-bond acceptors (Lipinski definition) is 6. The molecule has 2 heterocycles. The number of carbonyl (C=O) groups is 1. The zero-order valence-electron chi connectivity index (χ0n) is 11.3. The lowest BCUT2D eigenvalue weighted by molar-refractivity contribution is 0.102. The molecule has 0 aliphatic carbocycles. The molecule has 0 aliphatic heterocycles. The molecule has 0 spiro atoms. The molecule has 0 N–H and O–H groups in total. The highest BCUT2D eigenvalue weighted by molar-refractivity contribution is 7.99. The molecule has 0 radical (unpaired) electrons. The summed E-state index contributed by atoms with van der Waals surface area (Å²) >= 11 is 2.79. The molecule has 3 aromatic rings. The number of hydrogen-bond donors (Lipinski definition) is 0. The minimum Gasteiger partial charge on any atom is -0.292 e. The second-order valence-electron chi connectivity index (χ2n) is 4.40. The van der Waals surface area contributed by atoms with Gasteiger partial charge in [0.25, 0.3) is 0 Å². The molecule has 1 aromatic carbocycles. The molecule has 0 amide bonds. The van der Waals surface area contributed by atoms with Gasteiger partial charge in [0.15, 0.2) is 5.78 Å². The van der Waals surface area contributed by atoms with Crippen LogP contribution < -0.4 is 0 Å². The molecule has 7 heteroatoms. The molecule has 0 saturated carbocycles. The molecule has 0 atom stereocenters. The van der Waals surface area contributed by atoms with Crippen molar-refractivity contribution in [2.24, 2.45) is 0 Å². The summed E-state index contributed by atoms with van der Waals surface area (Å²) in [6.45, 7) is 2.03. The Labute approximate surface area is 130 Å². The fourth-order valence-electron chi connectivity index (χ4n) is 1.76. The van der Waals surface area contributed by atoms with Crippen molar-refractivity contribution in [2.45, 2.75) is 12.1 Å². The highest BCUT2D eigenvalue weighted by atomic mass is 32.2. The summed E-state index contributed by atoms with van der Waals surface area (Å²) in [4.78, 5) is 12.8. The number of rotatable bonds is 5. The number of aromatic nitrogens is 4. The number of benzene rings is 1. The molecule has 0 saturated heterocycles. The van der Waals surface area contributed by atoms with Crippen LogP contribution in [0.2, 0.25) is 0 Å². The molecule has 21 heavy (non-hydrogen) atoms. The Bertz CT molecular complexity index is 735. The summed E-state index contributed by atoms with van der Waals surface area (Å²) in [7, 11) is 0. The van der Waals surface area contributed by atoms with Gasteiger partial charge in [-0.25, -0.2) is 0 Å². The number of thioether (sulfide) groups is 1. The van der Waals surface area contributed by atoms with Crippen LogP contribution >= 0.6 is 23.1 Å². The average Bonchev–Trinajstić information content (AvgIpc) is 3.17. The molecule has 0 aliphatic rings. The lowest BCUT2D eigenvalue weighted by Gasteiger charge is -2.04. The maximum absolute atomic E-state index is 12.0. The van der Waals surface area contributed by atoms with Gasteiger partial charge in [0.1, 0.15) is 0 Å². The van der Waals surface area contributed by atoms with E-state index in [-0.39, 0.29) is 5.78 Å². The topological polar surface area (TPSA) is 60.7 Å². The molecule has 5 nitrogen and oxygen atoms in total. The first kappa shape index (κ1) is 14.0. The van der Waals surface area contributed by atoms with Gasteiger partial charge in [-0.05, 0) is 40.9 Å². The predicted molar refractivity (Wildman–Crippen MR) is 83.3 cm³/mol. The summed E-state index contributed by atoms with van der Waals surface area (Å²) in [5, 5.41) is 14.2. The maximum atomic E-state index is 12.0. The van der Waals surface area contributed by atoms with E-state index in [1.54, 1.807) is 4.68 Å². The quantitative estimate of drug-likeness (QED) is 0.535. The second-order valence-corrected chi connectivity index (χ2v) is 6.29. The van der Waals surface area contributed by atoms with E-state index in [4.69, 9.17) is 0 Å². The first-order valence-electron chi connectivity index (χ1n) is 6.29. The Balaban J connectivity index is 1.74. The Morgan fingerprint density at radius 2 is 2.10 bits per heavy atom. The van der Waals surface area contributed by atoms with Gasteiger partial charge >= 0.3 is 0 Å². The van der Waals surface area contributed by atoms with Crippen LogP contribution in [0, 0.1) is 6.92 Å². The van der Waals surface area contributed by atoms with Crippen LogP contribution in [0.3, 0.4) is 0 Å². The van der Waals surface area contributed by atoms with E-state index in [2.05, 4.69) is 15.5 Å². The van der Waals surface area contributed by atoms with Crippen LogP contribution in [0.15, 0.2) is 46.9 Å². The zero-order valence-corrected chi connectivity index (χ0v) is 12.9. The summed E-state index contributed by atoms with van der Waals surface area (Å²) in [6.07, 6.45) is 0. The van der Waals surface area contributed by atoms with E-state index in [0.717, 1.165) is 10.6 Å². The van der Waals surface area contributed by atoms with Crippen molar-refractivity contribution in [1.29, 1.82) is 0 Å². The Hall–Kier alpha value is -1.99. The van der Waals surface area contributed by atoms with Gasteiger partial charge in [0.2, 0.25) is 5.16 Å². The summed E-state index contributed by atoms with van der Waals surface area (Å²) in [5.41, 5.74) is 2.06. The SMILES string of the molecule is Cc1ccc(-n2nnnc2SCC(=O)c2cccs2)cc1. The third-order valence-electron chi connectivity index (χ3n) is 2.85. The maximum Gasteiger partial charge on any atom is 0.214 e. The number of carbonyl (C=O) groups excluding carboxylic acids is 1. The second kappa shape index (κ2) is 6.19. The summed E-state index contributed by atoms with van der Waals surface area (Å²) in [6, 6.07) is 11.6. The van der Waals surface area contributed by atoms with Crippen molar-refractivity contribution in [2.75, 3.05) is 5.75 Å². The minimum atomic E-state index is 0.0912. The molecule has 0 fully saturated rings. The van der Waals surface area contributed by atoms with Crippen LogP contribution in [0.25, 0.3) is 5.69 Å². The van der Waals surface area contributed by atoms with Crippen LogP contribution in [0.1, 0.15) is 15.2 Å². The highest BCUT2D eigenvalue weighted by Crippen LogP contribution is 2.20. The third-order valence-corrected chi connectivity index (χ3v) is 4.68. The first-order chi connectivity index (χ1) is 10.2. The molecular formula is C14H12N4OS2. The van der Waals surface area contributed by atoms with E-state index in [0.29, 0.717) is 10.9 Å². The number of tetrazole rings is 1. The van der Waals surface area contributed by atoms with E-state index < -0.39 is 0 Å². The van der Waals surface area contributed by atoms with Gasteiger partial charge in [-0.1, -0.05) is 35.5 Å². The van der Waals surface area contributed by atoms with Crippen LogP contribution in [-0.2, 0) is 0 Å². The van der Waals surface area contributed by atoms with Crippen molar-refractivity contribution in [3.8, 4) is 5.69 Å². The normalized spacial score (nSPS) is 10.7. The summed E-state index contributed by atoms with van der Waals surface area (Å²) in [5.74, 6) is 0.417. The van der Waals surface area contributed by atoms with Gasteiger partial charge < -0.3 is 0 Å². The number of Topliss-reactive ketones (excluding diaryl/α,β-unsaturated/α-hetero) is 1. The zero-order chi connectivity index (χ0) is 14.7. The summed E-state index contributed by atoms with van der Waals surface area (Å²) < 4.78 is 1.64. The van der Waals surface area contributed by atoms with Crippen molar-refractivity contribution in [3.05, 3.63) is 52.2 Å². The third kappa shape index (κ3) is 3.20. The average molecular weight is 316 g/mol. The van der Waals surface area contributed by atoms with E-state index in [1.165, 1.54) is 28.7 Å². The lowest BCUT2D eigenvalue weighted by atomic mass is 10.2. The number of nitrogens with zero attached hydrogens (tertiary/aromatic N) is 4. The number of thiophene rings is 1. The van der Waals surface area contributed by atoms with Gasteiger partial charge in [-0.15, -0.1) is 16.4 Å². The molecule has 106 valence electrons. The van der Waals surface area contributed by atoms with E-state index in [9.17, 15) is 4.79 Å². The van der Waals surface area contributed by atoms with Crippen molar-refractivity contribution in [1.82, 2.24) is 20.2 Å². The first-order valence-corrected chi connectivity index (χ1v) is 8.15. The standard InChI is InChI=1S/C14H12N4OS2/c1-10-4-6-11(7-5-10)18-14(15-16-17-18)21-9-12(19)13-3-2-8-20-13/h2-8H,9H2,1H3. The Kier molecular flexibility index (Phi) is 4.12. The fraction of sp³-hybridized carbons (Fsp3) is 0.143.